The minimum absolute atomic E-state index is 0.0634. The summed E-state index contributed by atoms with van der Waals surface area (Å²) in [4.78, 5) is 10.8. The fourth-order valence-electron chi connectivity index (χ4n) is 1.92. The molecule has 0 bridgehead atoms. The summed E-state index contributed by atoms with van der Waals surface area (Å²) in [6.07, 6.45) is 0. The van der Waals surface area contributed by atoms with Crippen LogP contribution in [0.3, 0.4) is 0 Å². The van der Waals surface area contributed by atoms with Crippen molar-refractivity contribution in [1.82, 2.24) is 0 Å². The van der Waals surface area contributed by atoms with Crippen LogP contribution in [-0.2, 0) is 33.2 Å². The second kappa shape index (κ2) is 17.2. The second-order valence-corrected chi connectivity index (χ2v) is 5.46. The Kier molecular flexibility index (Phi) is 14.8. The molecule has 0 aliphatic rings. The monoisotopic (exact) mass is 401 g/mol. The number of carbonyl (C=O) groups is 1. The molecule has 0 unspecified atom stereocenters. The number of hydrogen-bond acceptors (Lipinski definition) is 9. The van der Waals surface area contributed by atoms with E-state index in [2.05, 4.69) is 4.74 Å². The van der Waals surface area contributed by atoms with Gasteiger partial charge in [0.1, 0.15) is 19.0 Å². The Morgan fingerprint density at radius 2 is 1.21 bits per heavy atom. The van der Waals surface area contributed by atoms with Crippen molar-refractivity contribution in [2.45, 2.75) is 0 Å². The zero-order valence-corrected chi connectivity index (χ0v) is 16.4. The van der Waals surface area contributed by atoms with E-state index in [1.165, 1.54) is 7.11 Å². The molecule has 0 radical (unpaired) electrons. The van der Waals surface area contributed by atoms with Crippen LogP contribution in [0, 0.1) is 0 Å². The van der Waals surface area contributed by atoms with Crippen molar-refractivity contribution < 1.29 is 38.0 Å². The van der Waals surface area contributed by atoms with Gasteiger partial charge in [0.2, 0.25) is 0 Å². The van der Waals surface area contributed by atoms with Gasteiger partial charge in [0, 0.05) is 0 Å². The van der Waals surface area contributed by atoms with Gasteiger partial charge in [-0.15, -0.1) is 0 Å². The van der Waals surface area contributed by atoms with E-state index in [9.17, 15) is 4.79 Å². The molecule has 0 fully saturated rings. The van der Waals surface area contributed by atoms with Crippen molar-refractivity contribution in [3.8, 4) is 5.75 Å². The van der Waals surface area contributed by atoms with Gasteiger partial charge in [-0.1, -0.05) is 12.1 Å². The maximum Gasteiger partial charge on any atom is 0.331 e. The molecule has 1 rings (SSSR count). The standard InChI is InChI=1S/C19H31NO8/c1-22-19(21)16-27-13-12-25-9-8-23-6-7-24-10-11-26-14-15-28-18-5-3-2-4-17(18)20/h2-5H,6-16,20H2,1H3. The number of esters is 1. The number of methoxy groups -OCH3 is 1. The van der Waals surface area contributed by atoms with Crippen LogP contribution < -0.4 is 10.5 Å². The number of hydrogen-bond donors (Lipinski definition) is 1. The summed E-state index contributed by atoms with van der Waals surface area (Å²) >= 11 is 0. The average molecular weight is 401 g/mol. The lowest BCUT2D eigenvalue weighted by molar-refractivity contribution is -0.146. The lowest BCUT2D eigenvalue weighted by Crippen LogP contribution is -2.15. The fourth-order valence-corrected chi connectivity index (χ4v) is 1.92. The number of benzene rings is 1. The molecule has 0 aliphatic carbocycles. The molecule has 0 saturated heterocycles. The van der Waals surface area contributed by atoms with E-state index in [0.717, 1.165) is 0 Å². The van der Waals surface area contributed by atoms with E-state index in [-0.39, 0.29) is 6.61 Å². The highest BCUT2D eigenvalue weighted by Gasteiger charge is 1.99. The number of ether oxygens (including phenoxy) is 7. The zero-order chi connectivity index (χ0) is 20.3. The third kappa shape index (κ3) is 13.3. The third-order valence-electron chi connectivity index (χ3n) is 3.34. The van der Waals surface area contributed by atoms with Gasteiger partial charge in [-0.3, -0.25) is 0 Å². The Balaban J connectivity index is 1.74. The molecule has 0 amide bonds. The van der Waals surface area contributed by atoms with Gasteiger partial charge in [-0.05, 0) is 12.1 Å². The molecule has 160 valence electrons. The first-order valence-corrected chi connectivity index (χ1v) is 9.17. The quantitative estimate of drug-likeness (QED) is 0.218. The van der Waals surface area contributed by atoms with Crippen LogP contribution in [0.1, 0.15) is 0 Å². The molecular formula is C19H31NO8. The molecule has 2 N–H and O–H groups in total. The number of para-hydroxylation sites is 2. The first-order chi connectivity index (χ1) is 13.7. The molecule has 0 aliphatic heterocycles. The normalized spacial score (nSPS) is 10.8. The van der Waals surface area contributed by atoms with Crippen LogP contribution in [0.5, 0.6) is 5.75 Å². The predicted molar refractivity (Wildman–Crippen MR) is 102 cm³/mol. The van der Waals surface area contributed by atoms with E-state index >= 15 is 0 Å². The summed E-state index contributed by atoms with van der Waals surface area (Å²) in [7, 11) is 1.31. The van der Waals surface area contributed by atoms with Crippen molar-refractivity contribution >= 4 is 11.7 Å². The molecule has 1 aromatic rings. The van der Waals surface area contributed by atoms with Crippen molar-refractivity contribution in [1.29, 1.82) is 0 Å². The third-order valence-corrected chi connectivity index (χ3v) is 3.34. The number of rotatable bonds is 18. The lowest BCUT2D eigenvalue weighted by atomic mass is 10.3. The van der Waals surface area contributed by atoms with Gasteiger partial charge in [0.05, 0.1) is 72.3 Å². The van der Waals surface area contributed by atoms with E-state index < -0.39 is 5.97 Å². The van der Waals surface area contributed by atoms with Crippen molar-refractivity contribution in [3.05, 3.63) is 24.3 Å². The number of anilines is 1. The maximum atomic E-state index is 10.8. The first kappa shape index (κ1) is 24.1. The molecule has 9 heteroatoms. The van der Waals surface area contributed by atoms with Gasteiger partial charge in [-0.2, -0.15) is 0 Å². The maximum absolute atomic E-state index is 10.8. The fraction of sp³-hybridized carbons (Fsp3) is 0.632. The Morgan fingerprint density at radius 1 is 0.750 bits per heavy atom. The topological polar surface area (TPSA) is 108 Å². The highest BCUT2D eigenvalue weighted by Crippen LogP contribution is 2.19. The molecule has 28 heavy (non-hydrogen) atoms. The van der Waals surface area contributed by atoms with E-state index in [4.69, 9.17) is 34.2 Å². The van der Waals surface area contributed by atoms with Crippen LogP contribution in [0.15, 0.2) is 24.3 Å². The molecule has 1 aromatic carbocycles. The van der Waals surface area contributed by atoms with Crippen LogP contribution >= 0.6 is 0 Å². The van der Waals surface area contributed by atoms with Crippen LogP contribution in [-0.4, -0.2) is 85.8 Å². The highest BCUT2D eigenvalue weighted by molar-refractivity contribution is 5.70. The number of nitrogens with two attached hydrogens (primary N) is 1. The number of nitrogen functional groups attached to an aromatic ring is 1. The highest BCUT2D eigenvalue weighted by atomic mass is 16.6. The summed E-state index contributed by atoms with van der Waals surface area (Å²) in [6.45, 7) is 4.45. The van der Waals surface area contributed by atoms with Gasteiger partial charge in [0.15, 0.2) is 0 Å². The minimum atomic E-state index is -0.403. The Bertz CT molecular complexity index is 514. The van der Waals surface area contributed by atoms with Crippen molar-refractivity contribution in [2.75, 3.05) is 85.5 Å². The minimum Gasteiger partial charge on any atom is -0.489 e. The molecular weight excluding hydrogens is 370 g/mol. The lowest BCUT2D eigenvalue weighted by Gasteiger charge is -2.09. The SMILES string of the molecule is COC(=O)COCCOCCOCCOCCOCCOc1ccccc1N. The summed E-state index contributed by atoms with van der Waals surface area (Å²) in [5.41, 5.74) is 6.39. The molecule has 0 spiro atoms. The summed E-state index contributed by atoms with van der Waals surface area (Å²) in [5.74, 6) is 0.261. The molecule has 0 aromatic heterocycles. The Morgan fingerprint density at radius 3 is 1.71 bits per heavy atom. The van der Waals surface area contributed by atoms with Crippen molar-refractivity contribution in [3.63, 3.8) is 0 Å². The average Bonchev–Trinajstić information content (AvgIpc) is 2.71. The van der Waals surface area contributed by atoms with Crippen LogP contribution in [0.4, 0.5) is 5.69 Å². The van der Waals surface area contributed by atoms with Crippen LogP contribution in [0.25, 0.3) is 0 Å². The zero-order valence-electron chi connectivity index (χ0n) is 16.4. The second-order valence-electron chi connectivity index (χ2n) is 5.46. The molecule has 0 atom stereocenters. The van der Waals surface area contributed by atoms with E-state index in [1.807, 2.05) is 18.2 Å². The Labute approximate surface area is 165 Å². The van der Waals surface area contributed by atoms with Gasteiger partial charge < -0.3 is 38.9 Å². The largest absolute Gasteiger partial charge is 0.489 e. The van der Waals surface area contributed by atoms with E-state index in [1.54, 1.807) is 6.07 Å². The molecule has 0 heterocycles. The van der Waals surface area contributed by atoms with E-state index in [0.29, 0.717) is 77.5 Å². The van der Waals surface area contributed by atoms with Crippen LogP contribution in [0.2, 0.25) is 0 Å². The molecule has 0 saturated carbocycles. The first-order valence-electron chi connectivity index (χ1n) is 9.17. The predicted octanol–water partition coefficient (Wildman–Crippen LogP) is 0.904. The molecule has 9 nitrogen and oxygen atoms in total. The summed E-state index contributed by atoms with van der Waals surface area (Å²) in [6, 6.07) is 7.34. The van der Waals surface area contributed by atoms with Crippen molar-refractivity contribution in [2.24, 2.45) is 0 Å². The van der Waals surface area contributed by atoms with Gasteiger partial charge >= 0.3 is 5.97 Å². The number of carbonyl (C=O) groups excluding carboxylic acids is 1. The Hall–Kier alpha value is -1.91. The summed E-state index contributed by atoms with van der Waals surface area (Å²) < 4.78 is 36.5. The van der Waals surface area contributed by atoms with Gasteiger partial charge in [0.25, 0.3) is 0 Å². The summed E-state index contributed by atoms with van der Waals surface area (Å²) in [5, 5.41) is 0. The smallest absolute Gasteiger partial charge is 0.331 e. The van der Waals surface area contributed by atoms with Gasteiger partial charge in [-0.25, -0.2) is 4.79 Å².